The highest BCUT2D eigenvalue weighted by Crippen LogP contribution is 2.16. The summed E-state index contributed by atoms with van der Waals surface area (Å²) < 4.78 is 7.46. The van der Waals surface area contributed by atoms with Crippen molar-refractivity contribution in [2.45, 2.75) is 45.3 Å². The summed E-state index contributed by atoms with van der Waals surface area (Å²) in [5.41, 5.74) is 1.88. The van der Waals surface area contributed by atoms with Crippen LogP contribution in [0.4, 0.5) is 0 Å². The highest BCUT2D eigenvalue weighted by Gasteiger charge is 2.19. The van der Waals surface area contributed by atoms with Crippen LogP contribution in [-0.4, -0.2) is 27.7 Å². The van der Waals surface area contributed by atoms with E-state index in [1.165, 1.54) is 0 Å². The van der Waals surface area contributed by atoms with Crippen LogP contribution >= 0.6 is 0 Å². The molecule has 1 fully saturated rings. The van der Waals surface area contributed by atoms with Gasteiger partial charge in [0.25, 0.3) is 0 Å². The van der Waals surface area contributed by atoms with E-state index in [1.54, 1.807) is 0 Å². The molecule has 0 bridgehead atoms. The van der Waals surface area contributed by atoms with E-state index in [9.17, 15) is 0 Å². The number of aromatic nitrogens is 3. The van der Waals surface area contributed by atoms with Gasteiger partial charge in [0.15, 0.2) is 0 Å². The number of hydrogen-bond acceptors (Lipinski definition) is 4. The topological polar surface area (TPSA) is 63.7 Å². The van der Waals surface area contributed by atoms with Gasteiger partial charge in [-0.2, -0.15) is 5.26 Å². The normalized spacial score (nSPS) is 19.9. The summed E-state index contributed by atoms with van der Waals surface area (Å²) in [5.74, 6) is 0. The quantitative estimate of drug-likeness (QED) is 0.761. The first-order valence-electron chi connectivity index (χ1n) is 5.75. The predicted molar refractivity (Wildman–Crippen MR) is 57.7 cm³/mol. The van der Waals surface area contributed by atoms with Gasteiger partial charge < -0.3 is 4.74 Å². The molecule has 1 atom stereocenters. The van der Waals surface area contributed by atoms with E-state index >= 15 is 0 Å². The van der Waals surface area contributed by atoms with E-state index in [0.717, 1.165) is 43.8 Å². The summed E-state index contributed by atoms with van der Waals surface area (Å²) in [6, 6.07) is 2.12. The molecular formula is C11H16N4O. The fourth-order valence-electron chi connectivity index (χ4n) is 2.10. The highest BCUT2D eigenvalue weighted by atomic mass is 16.5. The van der Waals surface area contributed by atoms with Crippen molar-refractivity contribution in [3.05, 3.63) is 11.4 Å². The van der Waals surface area contributed by atoms with Crippen LogP contribution in [0.3, 0.4) is 0 Å². The van der Waals surface area contributed by atoms with E-state index in [4.69, 9.17) is 10.00 Å². The third-order valence-corrected chi connectivity index (χ3v) is 2.90. The molecule has 0 N–H and O–H groups in total. The van der Waals surface area contributed by atoms with Gasteiger partial charge in [0.05, 0.1) is 36.5 Å². The van der Waals surface area contributed by atoms with E-state index < -0.39 is 0 Å². The van der Waals surface area contributed by atoms with Crippen molar-refractivity contribution >= 4 is 0 Å². The standard InChI is InChI=1S/C11H16N4O/c1-2-11-10(5-6-12)13-14-15(11)8-9-4-3-7-16-9/h9H,2-5,7-8H2,1H3. The summed E-state index contributed by atoms with van der Waals surface area (Å²) in [4.78, 5) is 0. The minimum atomic E-state index is 0.266. The van der Waals surface area contributed by atoms with Gasteiger partial charge >= 0.3 is 0 Å². The maximum absolute atomic E-state index is 8.68. The molecule has 1 aromatic rings. The summed E-state index contributed by atoms with van der Waals surface area (Å²) in [7, 11) is 0. The van der Waals surface area contributed by atoms with Crippen LogP contribution in [0, 0.1) is 11.3 Å². The van der Waals surface area contributed by atoms with Gasteiger partial charge in [0, 0.05) is 6.61 Å². The zero-order chi connectivity index (χ0) is 11.4. The lowest BCUT2D eigenvalue weighted by molar-refractivity contribution is 0.0927. The Labute approximate surface area is 95.0 Å². The predicted octanol–water partition coefficient (Wildman–Crippen LogP) is 1.09. The van der Waals surface area contributed by atoms with Crippen LogP contribution in [0.15, 0.2) is 0 Å². The largest absolute Gasteiger partial charge is 0.376 e. The molecule has 16 heavy (non-hydrogen) atoms. The van der Waals surface area contributed by atoms with E-state index in [2.05, 4.69) is 23.3 Å². The third kappa shape index (κ3) is 2.22. The molecule has 1 saturated heterocycles. The second-order valence-electron chi connectivity index (χ2n) is 3.99. The zero-order valence-corrected chi connectivity index (χ0v) is 9.52. The summed E-state index contributed by atoms with van der Waals surface area (Å²) in [6.07, 6.45) is 3.69. The van der Waals surface area contributed by atoms with Crippen LogP contribution in [0.25, 0.3) is 0 Å². The number of nitrogens with zero attached hydrogens (tertiary/aromatic N) is 4. The average molecular weight is 220 g/mol. The van der Waals surface area contributed by atoms with Crippen molar-refractivity contribution in [2.75, 3.05) is 6.61 Å². The number of nitriles is 1. The molecule has 5 nitrogen and oxygen atoms in total. The van der Waals surface area contributed by atoms with Crippen molar-refractivity contribution in [3.8, 4) is 6.07 Å². The SMILES string of the molecule is CCc1c(CC#N)nnn1CC1CCCO1. The first-order chi connectivity index (χ1) is 7.85. The van der Waals surface area contributed by atoms with Gasteiger partial charge in [-0.05, 0) is 19.3 Å². The molecule has 2 rings (SSSR count). The molecule has 0 spiro atoms. The molecule has 1 aliphatic rings. The lowest BCUT2D eigenvalue weighted by atomic mass is 10.2. The number of rotatable bonds is 4. The Balaban J connectivity index is 2.10. The van der Waals surface area contributed by atoms with Gasteiger partial charge in [-0.15, -0.1) is 5.10 Å². The maximum Gasteiger partial charge on any atom is 0.0999 e. The van der Waals surface area contributed by atoms with Crippen LogP contribution in [0.1, 0.15) is 31.2 Å². The number of hydrogen-bond donors (Lipinski definition) is 0. The van der Waals surface area contributed by atoms with Gasteiger partial charge in [-0.1, -0.05) is 12.1 Å². The first kappa shape index (κ1) is 11.1. The van der Waals surface area contributed by atoms with E-state index in [0.29, 0.717) is 6.42 Å². The Morgan fingerprint density at radius 2 is 2.50 bits per heavy atom. The van der Waals surface area contributed by atoms with Crippen LogP contribution < -0.4 is 0 Å². The van der Waals surface area contributed by atoms with Gasteiger partial charge in [-0.3, -0.25) is 0 Å². The van der Waals surface area contributed by atoms with Crippen molar-refractivity contribution in [2.24, 2.45) is 0 Å². The summed E-state index contributed by atoms with van der Waals surface area (Å²) in [6.45, 7) is 3.68. The smallest absolute Gasteiger partial charge is 0.0999 e. The molecule has 1 unspecified atom stereocenters. The first-order valence-corrected chi connectivity index (χ1v) is 5.75. The summed E-state index contributed by atoms with van der Waals surface area (Å²) in [5, 5.41) is 16.8. The van der Waals surface area contributed by atoms with Crippen LogP contribution in [0.5, 0.6) is 0 Å². The Kier molecular flexibility index (Phi) is 3.52. The Morgan fingerprint density at radius 1 is 1.62 bits per heavy atom. The van der Waals surface area contributed by atoms with E-state index in [1.807, 2.05) is 4.68 Å². The Hall–Kier alpha value is -1.41. The molecule has 86 valence electrons. The van der Waals surface area contributed by atoms with Crippen LogP contribution in [0.2, 0.25) is 0 Å². The Bertz CT molecular complexity index is 387. The lowest BCUT2D eigenvalue weighted by Gasteiger charge is -2.10. The fourth-order valence-corrected chi connectivity index (χ4v) is 2.10. The van der Waals surface area contributed by atoms with Crippen molar-refractivity contribution in [1.29, 1.82) is 5.26 Å². The second-order valence-corrected chi connectivity index (χ2v) is 3.99. The molecule has 0 aliphatic carbocycles. The van der Waals surface area contributed by atoms with Crippen LogP contribution in [-0.2, 0) is 24.1 Å². The molecule has 1 aromatic heterocycles. The second kappa shape index (κ2) is 5.08. The molecule has 5 heteroatoms. The molecule has 1 aliphatic heterocycles. The Morgan fingerprint density at radius 3 is 3.12 bits per heavy atom. The minimum absolute atomic E-state index is 0.266. The van der Waals surface area contributed by atoms with Crippen molar-refractivity contribution in [3.63, 3.8) is 0 Å². The van der Waals surface area contributed by atoms with Gasteiger partial charge in [0.1, 0.15) is 0 Å². The van der Waals surface area contributed by atoms with Crippen molar-refractivity contribution in [1.82, 2.24) is 15.0 Å². The summed E-state index contributed by atoms with van der Waals surface area (Å²) >= 11 is 0. The van der Waals surface area contributed by atoms with Gasteiger partial charge in [0.2, 0.25) is 0 Å². The monoisotopic (exact) mass is 220 g/mol. The minimum Gasteiger partial charge on any atom is -0.376 e. The van der Waals surface area contributed by atoms with E-state index in [-0.39, 0.29) is 6.10 Å². The molecule has 0 radical (unpaired) electrons. The number of ether oxygens (including phenoxy) is 1. The third-order valence-electron chi connectivity index (χ3n) is 2.90. The molecule has 0 aromatic carbocycles. The fraction of sp³-hybridized carbons (Fsp3) is 0.727. The maximum atomic E-state index is 8.68. The van der Waals surface area contributed by atoms with Gasteiger partial charge in [-0.25, -0.2) is 4.68 Å². The average Bonchev–Trinajstić information content (AvgIpc) is 2.90. The molecular weight excluding hydrogens is 204 g/mol. The van der Waals surface area contributed by atoms with Crippen molar-refractivity contribution < 1.29 is 4.74 Å². The zero-order valence-electron chi connectivity index (χ0n) is 9.52. The molecule has 0 amide bonds. The molecule has 2 heterocycles. The highest BCUT2D eigenvalue weighted by molar-refractivity contribution is 5.14. The molecule has 0 saturated carbocycles. The lowest BCUT2D eigenvalue weighted by Crippen LogP contribution is -2.18.